The number of hydrogen-bond donors (Lipinski definition) is 0. The maximum Gasteiger partial charge on any atom is 0.178 e. The van der Waals surface area contributed by atoms with E-state index in [1.807, 2.05) is 18.2 Å². The van der Waals surface area contributed by atoms with Crippen LogP contribution in [-0.4, -0.2) is 0 Å². The lowest BCUT2D eigenvalue weighted by atomic mass is 9.69. The van der Waals surface area contributed by atoms with Crippen molar-refractivity contribution in [3.05, 3.63) is 223 Å². The molecule has 1 atom stereocenters. The zero-order chi connectivity index (χ0) is 35.6. The summed E-state index contributed by atoms with van der Waals surface area (Å²) in [4.78, 5) is 2.36. The maximum atomic E-state index is 6.88. The number of ether oxygens (including phenoxy) is 1. The topological polar surface area (TPSA) is 25.6 Å². The van der Waals surface area contributed by atoms with Gasteiger partial charge in [-0.25, -0.2) is 0 Å². The highest BCUT2D eigenvalue weighted by Gasteiger charge is 2.54. The number of hydrogen-bond acceptors (Lipinski definition) is 3. The van der Waals surface area contributed by atoms with Crippen LogP contribution in [-0.2, 0) is 5.41 Å². The van der Waals surface area contributed by atoms with Gasteiger partial charge in [0.25, 0.3) is 0 Å². The first kappa shape index (κ1) is 30.5. The predicted molar refractivity (Wildman–Crippen MR) is 219 cm³/mol. The van der Waals surface area contributed by atoms with Crippen molar-refractivity contribution in [2.24, 2.45) is 0 Å². The average molecular weight is 692 g/mol. The lowest BCUT2D eigenvalue weighted by Gasteiger charge is -2.36. The highest BCUT2D eigenvalue weighted by atomic mass is 16.5. The minimum absolute atomic E-state index is 0.687. The molecular weight excluding hydrogens is 659 g/mol. The summed E-state index contributed by atoms with van der Waals surface area (Å²) >= 11 is 0. The molecule has 0 saturated heterocycles. The molecule has 1 aliphatic carbocycles. The molecular formula is C51H33NO2. The molecule has 2 aliphatic rings. The molecule has 1 aromatic heterocycles. The molecule has 1 spiro atoms. The Hall–Kier alpha value is -7.10. The van der Waals surface area contributed by atoms with Crippen LogP contribution in [0.15, 0.2) is 205 Å². The fourth-order valence-electron chi connectivity index (χ4n) is 8.73. The quantitative estimate of drug-likeness (QED) is 0.180. The summed E-state index contributed by atoms with van der Waals surface area (Å²) in [5, 5.41) is 0.980. The molecule has 1 unspecified atom stereocenters. The zero-order valence-corrected chi connectivity index (χ0v) is 29.3. The second-order valence-electron chi connectivity index (χ2n) is 14.0. The third-order valence-electron chi connectivity index (χ3n) is 11.1. The number of furan rings is 1. The standard InChI is InChI=1S/C51H33NO2/c1-3-13-34(14-4-1)36-23-27-38(28-24-36)52(39-29-25-37(26-30-39)35-15-5-2-6-16-35)40-31-32-45-43(33-40)41-17-7-9-19-44(41)51(45)46-20-10-12-22-48(46)53-49-42-18-8-11-21-47(42)54-50(49)51/h1-33H. The second-order valence-corrected chi connectivity index (χ2v) is 14.0. The Labute approximate surface area is 314 Å². The molecule has 3 nitrogen and oxygen atoms in total. The van der Waals surface area contributed by atoms with Crippen LogP contribution >= 0.6 is 0 Å². The molecule has 0 saturated carbocycles. The number of para-hydroxylation sites is 2. The molecule has 1 aliphatic heterocycles. The van der Waals surface area contributed by atoms with Gasteiger partial charge in [-0.05, 0) is 99.1 Å². The minimum Gasteiger partial charge on any atom is -0.455 e. The number of fused-ring (bicyclic) bond motifs is 11. The van der Waals surface area contributed by atoms with Crippen LogP contribution in [0, 0.1) is 0 Å². The third-order valence-corrected chi connectivity index (χ3v) is 11.1. The maximum absolute atomic E-state index is 6.88. The van der Waals surface area contributed by atoms with Gasteiger partial charge in [-0.1, -0.05) is 146 Å². The van der Waals surface area contributed by atoms with Crippen LogP contribution < -0.4 is 9.64 Å². The van der Waals surface area contributed by atoms with Gasteiger partial charge in [-0.3, -0.25) is 0 Å². The van der Waals surface area contributed by atoms with E-state index < -0.39 is 5.41 Å². The predicted octanol–water partition coefficient (Wildman–Crippen LogP) is 13.7. The highest BCUT2D eigenvalue weighted by molar-refractivity contribution is 5.95. The molecule has 2 heterocycles. The van der Waals surface area contributed by atoms with Gasteiger partial charge in [-0.2, -0.15) is 0 Å². The molecule has 11 rings (SSSR count). The molecule has 0 bridgehead atoms. The van der Waals surface area contributed by atoms with Crippen molar-refractivity contribution in [1.29, 1.82) is 0 Å². The van der Waals surface area contributed by atoms with Gasteiger partial charge >= 0.3 is 0 Å². The summed E-state index contributed by atoms with van der Waals surface area (Å²) in [5.74, 6) is 2.46. The molecule has 0 fully saturated rings. The van der Waals surface area contributed by atoms with Crippen molar-refractivity contribution >= 4 is 28.0 Å². The summed E-state index contributed by atoms with van der Waals surface area (Å²) in [5.41, 5.74) is 14.0. The van der Waals surface area contributed by atoms with E-state index in [0.717, 1.165) is 50.9 Å². The molecule has 3 heteroatoms. The summed E-state index contributed by atoms with van der Waals surface area (Å²) in [6.45, 7) is 0. The highest BCUT2D eigenvalue weighted by Crippen LogP contribution is 2.64. The van der Waals surface area contributed by atoms with E-state index in [0.29, 0.717) is 0 Å². The van der Waals surface area contributed by atoms with Crippen molar-refractivity contribution in [3.63, 3.8) is 0 Å². The van der Waals surface area contributed by atoms with Crippen molar-refractivity contribution in [3.8, 4) is 44.9 Å². The Kier molecular flexibility index (Phi) is 6.77. The Balaban J connectivity index is 1.12. The molecule has 9 aromatic rings. The van der Waals surface area contributed by atoms with Crippen LogP contribution in [0.4, 0.5) is 17.1 Å². The Morgan fingerprint density at radius 2 is 0.907 bits per heavy atom. The van der Waals surface area contributed by atoms with Gasteiger partial charge in [0.15, 0.2) is 11.5 Å². The number of anilines is 3. The molecule has 54 heavy (non-hydrogen) atoms. The molecule has 0 amide bonds. The van der Waals surface area contributed by atoms with E-state index in [9.17, 15) is 0 Å². The van der Waals surface area contributed by atoms with E-state index in [4.69, 9.17) is 9.15 Å². The zero-order valence-electron chi connectivity index (χ0n) is 29.3. The van der Waals surface area contributed by atoms with Crippen LogP contribution in [0.5, 0.6) is 11.5 Å². The van der Waals surface area contributed by atoms with Crippen molar-refractivity contribution in [1.82, 2.24) is 0 Å². The number of benzene rings is 8. The third kappa shape index (κ3) is 4.49. The molecule has 0 N–H and O–H groups in total. The molecule has 0 radical (unpaired) electrons. The first-order valence-corrected chi connectivity index (χ1v) is 18.4. The van der Waals surface area contributed by atoms with E-state index in [1.54, 1.807) is 0 Å². The van der Waals surface area contributed by atoms with Crippen LogP contribution in [0.25, 0.3) is 44.3 Å². The summed E-state index contributed by atoms with van der Waals surface area (Å²) in [6, 6.07) is 71.2. The first-order chi connectivity index (χ1) is 26.8. The fourth-order valence-corrected chi connectivity index (χ4v) is 8.73. The minimum atomic E-state index is -0.687. The number of rotatable bonds is 5. The molecule has 254 valence electrons. The van der Waals surface area contributed by atoms with E-state index in [2.05, 4.69) is 187 Å². The normalized spacial score (nSPS) is 14.9. The summed E-state index contributed by atoms with van der Waals surface area (Å²) < 4.78 is 13.6. The van der Waals surface area contributed by atoms with Gasteiger partial charge in [0, 0.05) is 22.6 Å². The van der Waals surface area contributed by atoms with Gasteiger partial charge in [0.05, 0.1) is 5.39 Å². The van der Waals surface area contributed by atoms with Crippen LogP contribution in [0.3, 0.4) is 0 Å². The smallest absolute Gasteiger partial charge is 0.178 e. The Morgan fingerprint density at radius 1 is 0.389 bits per heavy atom. The molecule has 8 aromatic carbocycles. The van der Waals surface area contributed by atoms with Gasteiger partial charge in [0.2, 0.25) is 0 Å². The van der Waals surface area contributed by atoms with E-state index in [-0.39, 0.29) is 0 Å². The van der Waals surface area contributed by atoms with Gasteiger partial charge in [0.1, 0.15) is 16.7 Å². The van der Waals surface area contributed by atoms with Crippen LogP contribution in [0.2, 0.25) is 0 Å². The average Bonchev–Trinajstić information content (AvgIpc) is 3.76. The van der Waals surface area contributed by atoms with E-state index in [1.165, 1.54) is 44.5 Å². The monoisotopic (exact) mass is 691 g/mol. The lowest BCUT2D eigenvalue weighted by Crippen LogP contribution is -2.31. The van der Waals surface area contributed by atoms with Crippen molar-refractivity contribution < 1.29 is 9.15 Å². The van der Waals surface area contributed by atoms with Crippen molar-refractivity contribution in [2.45, 2.75) is 5.41 Å². The van der Waals surface area contributed by atoms with E-state index >= 15 is 0 Å². The second kappa shape index (κ2) is 12.0. The van der Waals surface area contributed by atoms with Crippen molar-refractivity contribution in [2.75, 3.05) is 4.90 Å². The van der Waals surface area contributed by atoms with Gasteiger partial charge in [-0.15, -0.1) is 0 Å². The largest absolute Gasteiger partial charge is 0.455 e. The SMILES string of the molecule is c1ccc(-c2ccc(N(c3ccc(-c4ccccc4)cc3)c3ccc4c(c3)-c3ccccc3C43c4ccccc4Oc4c3oc3ccccc43)cc2)cc1. The fraction of sp³-hybridized carbons (Fsp3) is 0.0196. The van der Waals surface area contributed by atoms with Crippen LogP contribution in [0.1, 0.15) is 22.5 Å². The lowest BCUT2D eigenvalue weighted by molar-refractivity contribution is 0.389. The number of nitrogens with zero attached hydrogens (tertiary/aromatic N) is 1. The first-order valence-electron chi connectivity index (χ1n) is 18.4. The Bertz CT molecular complexity index is 2760. The summed E-state index contributed by atoms with van der Waals surface area (Å²) in [6.07, 6.45) is 0. The summed E-state index contributed by atoms with van der Waals surface area (Å²) in [7, 11) is 0. The Morgan fingerprint density at radius 3 is 1.59 bits per heavy atom. The van der Waals surface area contributed by atoms with Gasteiger partial charge < -0.3 is 14.1 Å².